The molecule has 10 heteroatoms. The van der Waals surface area contributed by atoms with Crippen LogP contribution in [0.15, 0.2) is 80.1 Å². The molecule has 200 valence electrons. The van der Waals surface area contributed by atoms with E-state index >= 15 is 0 Å². The van der Waals surface area contributed by atoms with Crippen molar-refractivity contribution in [2.24, 2.45) is 4.99 Å². The second-order valence-corrected chi connectivity index (χ2v) is 11.0. The standard InChI is InChI=1S/C29H24Cl2N2O5S/c1-15(2)37-28(35)25-16(3)32-29-33(26(25)17-5-8-19(36-4)9-6-17)27(34)24(39-29)14-20-10-12-23(38-20)21-13-18(30)7-11-22(21)31/h5-15,26H,1-4H3. The van der Waals surface area contributed by atoms with Gasteiger partial charge in [-0.15, -0.1) is 0 Å². The van der Waals surface area contributed by atoms with Crippen LogP contribution in [0.2, 0.25) is 10.0 Å². The quantitative estimate of drug-likeness (QED) is 0.270. The highest BCUT2D eigenvalue weighted by molar-refractivity contribution is 7.07. The maximum atomic E-state index is 13.8. The molecule has 2 aromatic heterocycles. The summed E-state index contributed by atoms with van der Waals surface area (Å²) in [5, 5.41) is 1.02. The van der Waals surface area contributed by atoms with E-state index in [2.05, 4.69) is 4.99 Å². The molecule has 0 saturated heterocycles. The molecular weight excluding hydrogens is 559 g/mol. The van der Waals surface area contributed by atoms with Crippen molar-refractivity contribution in [1.29, 1.82) is 0 Å². The molecule has 1 atom stereocenters. The van der Waals surface area contributed by atoms with E-state index < -0.39 is 12.0 Å². The van der Waals surface area contributed by atoms with Gasteiger partial charge in [0, 0.05) is 16.7 Å². The number of halogens is 2. The van der Waals surface area contributed by atoms with Gasteiger partial charge in [-0.2, -0.15) is 0 Å². The van der Waals surface area contributed by atoms with Gasteiger partial charge in [0.1, 0.15) is 17.3 Å². The van der Waals surface area contributed by atoms with Crippen LogP contribution in [0.5, 0.6) is 5.75 Å². The number of esters is 1. The van der Waals surface area contributed by atoms with Gasteiger partial charge >= 0.3 is 5.97 Å². The summed E-state index contributed by atoms with van der Waals surface area (Å²) in [5.41, 5.74) is 1.87. The van der Waals surface area contributed by atoms with Crippen molar-refractivity contribution >= 4 is 46.6 Å². The van der Waals surface area contributed by atoms with Gasteiger partial charge in [-0.05, 0) is 68.8 Å². The molecule has 0 bridgehead atoms. The number of ether oxygens (including phenoxy) is 2. The Labute approximate surface area is 238 Å². The van der Waals surface area contributed by atoms with Crippen molar-refractivity contribution in [3.05, 3.63) is 107 Å². The van der Waals surface area contributed by atoms with E-state index in [1.807, 2.05) is 12.1 Å². The number of nitrogens with zero attached hydrogens (tertiary/aromatic N) is 2. The van der Waals surface area contributed by atoms with E-state index in [-0.39, 0.29) is 11.7 Å². The second-order valence-electron chi connectivity index (χ2n) is 9.14. The van der Waals surface area contributed by atoms with Crippen LogP contribution < -0.4 is 19.6 Å². The Kier molecular flexibility index (Phi) is 7.53. The molecule has 0 fully saturated rings. The van der Waals surface area contributed by atoms with Gasteiger partial charge in [0.25, 0.3) is 5.56 Å². The lowest BCUT2D eigenvalue weighted by Crippen LogP contribution is -2.40. The first-order valence-corrected chi connectivity index (χ1v) is 13.7. The molecule has 5 rings (SSSR count). The number of aromatic nitrogens is 1. The predicted octanol–water partition coefficient (Wildman–Crippen LogP) is 5.76. The van der Waals surface area contributed by atoms with Crippen molar-refractivity contribution in [1.82, 2.24) is 4.57 Å². The third kappa shape index (κ3) is 5.32. The fraction of sp³-hybridized carbons (Fsp3) is 0.207. The Bertz CT molecular complexity index is 1780. The normalized spacial score (nSPS) is 15.4. The molecule has 2 aromatic carbocycles. The van der Waals surface area contributed by atoms with E-state index in [4.69, 9.17) is 37.1 Å². The smallest absolute Gasteiger partial charge is 0.338 e. The first kappa shape index (κ1) is 27.0. The summed E-state index contributed by atoms with van der Waals surface area (Å²) in [5.74, 6) is 1.12. The predicted molar refractivity (Wildman–Crippen MR) is 152 cm³/mol. The summed E-state index contributed by atoms with van der Waals surface area (Å²) < 4.78 is 18.8. The third-order valence-electron chi connectivity index (χ3n) is 6.11. The maximum absolute atomic E-state index is 13.8. The van der Waals surface area contributed by atoms with E-state index in [0.29, 0.717) is 53.5 Å². The largest absolute Gasteiger partial charge is 0.497 e. The Hall–Kier alpha value is -3.59. The molecule has 0 spiro atoms. The number of carbonyl (C=O) groups is 1. The zero-order valence-electron chi connectivity index (χ0n) is 21.5. The zero-order valence-corrected chi connectivity index (χ0v) is 23.9. The van der Waals surface area contributed by atoms with Crippen molar-refractivity contribution < 1.29 is 18.7 Å². The summed E-state index contributed by atoms with van der Waals surface area (Å²) in [6.45, 7) is 5.30. The minimum atomic E-state index is -0.724. The average Bonchev–Trinajstić information content (AvgIpc) is 3.48. The molecule has 39 heavy (non-hydrogen) atoms. The van der Waals surface area contributed by atoms with Crippen LogP contribution in [0.1, 0.15) is 38.1 Å². The van der Waals surface area contributed by atoms with E-state index in [9.17, 15) is 9.59 Å². The fourth-order valence-electron chi connectivity index (χ4n) is 4.35. The van der Waals surface area contributed by atoms with Gasteiger partial charge in [-0.1, -0.05) is 46.7 Å². The first-order chi connectivity index (χ1) is 18.7. The van der Waals surface area contributed by atoms with Crippen LogP contribution in [0.4, 0.5) is 0 Å². The molecule has 0 aliphatic carbocycles. The summed E-state index contributed by atoms with van der Waals surface area (Å²) in [4.78, 5) is 32.1. The number of methoxy groups -OCH3 is 1. The van der Waals surface area contributed by atoms with Crippen LogP contribution in [-0.4, -0.2) is 23.8 Å². The van der Waals surface area contributed by atoms with Crippen LogP contribution in [0, 0.1) is 0 Å². The Morgan fingerprint density at radius 3 is 2.56 bits per heavy atom. The monoisotopic (exact) mass is 582 g/mol. The Morgan fingerprint density at radius 2 is 1.87 bits per heavy atom. The molecule has 1 unspecified atom stereocenters. The second kappa shape index (κ2) is 10.9. The summed E-state index contributed by atoms with van der Waals surface area (Å²) in [7, 11) is 1.58. The first-order valence-electron chi connectivity index (χ1n) is 12.1. The number of hydrogen-bond donors (Lipinski definition) is 0. The van der Waals surface area contributed by atoms with Crippen LogP contribution in [0.3, 0.4) is 0 Å². The van der Waals surface area contributed by atoms with Gasteiger partial charge < -0.3 is 13.9 Å². The van der Waals surface area contributed by atoms with Gasteiger partial charge in [0.05, 0.1) is 40.1 Å². The van der Waals surface area contributed by atoms with Gasteiger partial charge in [-0.3, -0.25) is 9.36 Å². The average molecular weight is 583 g/mol. The number of carbonyl (C=O) groups excluding carboxylic acids is 1. The number of furan rings is 1. The topological polar surface area (TPSA) is 83.0 Å². The summed E-state index contributed by atoms with van der Waals surface area (Å²) in [6, 6.07) is 15.1. The lowest BCUT2D eigenvalue weighted by molar-refractivity contribution is -0.143. The number of hydrogen-bond acceptors (Lipinski definition) is 7. The molecule has 0 saturated carbocycles. The van der Waals surface area contributed by atoms with Gasteiger partial charge in [-0.25, -0.2) is 9.79 Å². The van der Waals surface area contributed by atoms with Gasteiger partial charge in [0.2, 0.25) is 0 Å². The van der Waals surface area contributed by atoms with Gasteiger partial charge in [0.15, 0.2) is 4.80 Å². The third-order valence-corrected chi connectivity index (χ3v) is 7.66. The number of allylic oxidation sites excluding steroid dienone is 1. The molecule has 1 aliphatic rings. The lowest BCUT2D eigenvalue weighted by Gasteiger charge is -2.25. The Morgan fingerprint density at radius 1 is 1.13 bits per heavy atom. The summed E-state index contributed by atoms with van der Waals surface area (Å²) >= 11 is 13.7. The molecule has 0 N–H and O–H groups in total. The van der Waals surface area contributed by atoms with Crippen molar-refractivity contribution in [2.45, 2.75) is 32.9 Å². The molecule has 4 aromatic rings. The van der Waals surface area contributed by atoms with E-state index in [0.717, 1.165) is 5.56 Å². The van der Waals surface area contributed by atoms with Crippen LogP contribution in [-0.2, 0) is 9.53 Å². The van der Waals surface area contributed by atoms with Crippen molar-refractivity contribution in [3.63, 3.8) is 0 Å². The summed E-state index contributed by atoms with van der Waals surface area (Å²) in [6.07, 6.45) is 1.32. The van der Waals surface area contributed by atoms with Crippen LogP contribution >= 0.6 is 34.5 Å². The fourth-order valence-corrected chi connectivity index (χ4v) is 5.76. The lowest BCUT2D eigenvalue weighted by atomic mass is 9.96. The highest BCUT2D eigenvalue weighted by atomic mass is 35.5. The molecule has 1 aliphatic heterocycles. The number of benzene rings is 2. The number of rotatable bonds is 6. The Balaban J connectivity index is 1.63. The number of fused-ring (bicyclic) bond motifs is 1. The van der Waals surface area contributed by atoms with E-state index in [1.54, 1.807) is 76.4 Å². The molecule has 3 heterocycles. The highest BCUT2D eigenvalue weighted by Crippen LogP contribution is 2.33. The van der Waals surface area contributed by atoms with Crippen molar-refractivity contribution in [3.8, 4) is 17.1 Å². The zero-order chi connectivity index (χ0) is 27.8. The van der Waals surface area contributed by atoms with Crippen LogP contribution in [0.25, 0.3) is 17.4 Å². The highest BCUT2D eigenvalue weighted by Gasteiger charge is 2.33. The minimum absolute atomic E-state index is 0.305. The van der Waals surface area contributed by atoms with Crippen molar-refractivity contribution in [2.75, 3.05) is 7.11 Å². The SMILES string of the molecule is COc1ccc(C2C(C(=O)OC(C)C)=C(C)N=c3sc(=Cc4ccc(-c5cc(Cl)ccc5Cl)o4)c(=O)n32)cc1. The minimum Gasteiger partial charge on any atom is -0.497 e. The van der Waals surface area contributed by atoms with E-state index in [1.165, 1.54) is 15.9 Å². The molecule has 7 nitrogen and oxygen atoms in total. The molecule has 0 amide bonds. The maximum Gasteiger partial charge on any atom is 0.338 e. The number of thiazole rings is 1. The molecular formula is C29H24Cl2N2O5S. The molecule has 0 radical (unpaired) electrons.